The average Bonchev–Trinajstić information content (AvgIpc) is 2.91. The summed E-state index contributed by atoms with van der Waals surface area (Å²) in [6.07, 6.45) is 7.39. The lowest BCUT2D eigenvalue weighted by molar-refractivity contribution is 0.334. The fraction of sp³-hybridized carbons (Fsp3) is 0.545. The molecule has 3 rings (SSSR count). The minimum atomic E-state index is 0.730. The third-order valence-corrected chi connectivity index (χ3v) is 3.35. The lowest BCUT2D eigenvalue weighted by atomic mass is 9.92. The zero-order valence-corrected chi connectivity index (χ0v) is 8.10. The molecule has 0 radical (unpaired) electrons. The zero-order valence-electron chi connectivity index (χ0n) is 8.10. The SMILES string of the molecule is C(=CC1CN2CCC1C2)c1ccno1. The first kappa shape index (κ1) is 8.24. The van der Waals surface area contributed by atoms with Crippen LogP contribution in [0.3, 0.4) is 0 Å². The van der Waals surface area contributed by atoms with E-state index >= 15 is 0 Å². The molecule has 0 N–H and O–H groups in total. The van der Waals surface area contributed by atoms with Crippen molar-refractivity contribution in [2.24, 2.45) is 11.8 Å². The summed E-state index contributed by atoms with van der Waals surface area (Å²) in [5.41, 5.74) is 0. The maximum Gasteiger partial charge on any atom is 0.159 e. The van der Waals surface area contributed by atoms with Gasteiger partial charge in [-0.2, -0.15) is 0 Å². The standard InChI is InChI=1S/C11H14N2O/c1(2-11-3-5-12-14-11)9-7-13-6-4-10(9)8-13/h1-3,5,9-10H,4,6-8H2. The molecule has 0 aliphatic carbocycles. The molecule has 0 amide bonds. The van der Waals surface area contributed by atoms with Crippen LogP contribution in [0.2, 0.25) is 0 Å². The molecule has 3 heterocycles. The van der Waals surface area contributed by atoms with Gasteiger partial charge in [0.1, 0.15) is 0 Å². The Morgan fingerprint density at radius 2 is 2.50 bits per heavy atom. The van der Waals surface area contributed by atoms with E-state index in [0.29, 0.717) is 0 Å². The first-order valence-corrected chi connectivity index (χ1v) is 5.23. The molecular formula is C11H14N2O. The van der Waals surface area contributed by atoms with Crippen LogP contribution in [0.25, 0.3) is 6.08 Å². The van der Waals surface area contributed by atoms with E-state index in [4.69, 9.17) is 4.52 Å². The minimum absolute atomic E-state index is 0.730. The molecule has 0 spiro atoms. The van der Waals surface area contributed by atoms with Crippen LogP contribution in [0.15, 0.2) is 22.9 Å². The van der Waals surface area contributed by atoms with Crippen molar-refractivity contribution in [1.29, 1.82) is 0 Å². The highest BCUT2D eigenvalue weighted by Gasteiger charge is 2.36. The van der Waals surface area contributed by atoms with E-state index in [-0.39, 0.29) is 0 Å². The van der Waals surface area contributed by atoms with Crippen molar-refractivity contribution in [2.75, 3.05) is 19.6 Å². The van der Waals surface area contributed by atoms with E-state index in [1.165, 1.54) is 26.1 Å². The van der Waals surface area contributed by atoms with Crippen LogP contribution >= 0.6 is 0 Å². The highest BCUT2D eigenvalue weighted by Crippen LogP contribution is 2.33. The van der Waals surface area contributed by atoms with Crippen molar-refractivity contribution in [3.63, 3.8) is 0 Å². The highest BCUT2D eigenvalue weighted by atomic mass is 16.5. The maximum absolute atomic E-state index is 5.02. The van der Waals surface area contributed by atoms with Crippen molar-refractivity contribution >= 4 is 6.08 Å². The van der Waals surface area contributed by atoms with Gasteiger partial charge in [-0.3, -0.25) is 0 Å². The Balaban J connectivity index is 1.68. The molecule has 2 fully saturated rings. The Labute approximate surface area is 83.4 Å². The summed E-state index contributed by atoms with van der Waals surface area (Å²) in [5.74, 6) is 2.48. The van der Waals surface area contributed by atoms with Crippen LogP contribution < -0.4 is 0 Å². The van der Waals surface area contributed by atoms with Crippen molar-refractivity contribution in [1.82, 2.24) is 10.1 Å². The van der Waals surface area contributed by atoms with Gasteiger partial charge in [0, 0.05) is 19.2 Å². The number of nitrogens with zero attached hydrogens (tertiary/aromatic N) is 2. The van der Waals surface area contributed by atoms with Gasteiger partial charge in [0.25, 0.3) is 0 Å². The molecule has 3 nitrogen and oxygen atoms in total. The molecule has 2 aliphatic heterocycles. The van der Waals surface area contributed by atoms with Gasteiger partial charge in [-0.1, -0.05) is 11.2 Å². The summed E-state index contributed by atoms with van der Waals surface area (Å²) in [6, 6.07) is 1.89. The molecule has 0 saturated carbocycles. The molecule has 0 aromatic carbocycles. The highest BCUT2D eigenvalue weighted by molar-refractivity contribution is 5.42. The summed E-state index contributed by atoms with van der Waals surface area (Å²) in [6.45, 7) is 3.83. The molecular weight excluding hydrogens is 176 g/mol. The molecule has 74 valence electrons. The van der Waals surface area contributed by atoms with Gasteiger partial charge < -0.3 is 9.42 Å². The lowest BCUT2D eigenvalue weighted by Crippen LogP contribution is -2.21. The summed E-state index contributed by atoms with van der Waals surface area (Å²) in [5, 5.41) is 3.68. The molecule has 3 unspecified atom stereocenters. The summed E-state index contributed by atoms with van der Waals surface area (Å²) in [7, 11) is 0. The van der Waals surface area contributed by atoms with Crippen LogP contribution in [0.5, 0.6) is 0 Å². The molecule has 3 atom stereocenters. The maximum atomic E-state index is 5.02. The first-order valence-electron chi connectivity index (χ1n) is 5.23. The Morgan fingerprint density at radius 1 is 1.50 bits per heavy atom. The largest absolute Gasteiger partial charge is 0.357 e. The molecule has 1 aromatic heterocycles. The van der Waals surface area contributed by atoms with Gasteiger partial charge in [0.15, 0.2) is 5.76 Å². The minimum Gasteiger partial charge on any atom is -0.357 e. The van der Waals surface area contributed by atoms with Crippen LogP contribution in [0.4, 0.5) is 0 Å². The van der Waals surface area contributed by atoms with Crippen LogP contribution in [-0.4, -0.2) is 29.7 Å². The third-order valence-electron chi connectivity index (χ3n) is 3.35. The van der Waals surface area contributed by atoms with Crippen molar-refractivity contribution in [2.45, 2.75) is 6.42 Å². The normalized spacial score (nSPS) is 35.9. The average molecular weight is 190 g/mol. The Morgan fingerprint density at radius 3 is 3.14 bits per heavy atom. The Bertz CT molecular complexity index is 331. The Kier molecular flexibility index (Phi) is 1.91. The summed E-state index contributed by atoms with van der Waals surface area (Å²) >= 11 is 0. The van der Waals surface area contributed by atoms with E-state index in [1.807, 2.05) is 6.07 Å². The number of hydrogen-bond donors (Lipinski definition) is 0. The van der Waals surface area contributed by atoms with Crippen molar-refractivity contribution in [3.05, 3.63) is 24.1 Å². The van der Waals surface area contributed by atoms with Crippen LogP contribution in [0.1, 0.15) is 12.2 Å². The fourth-order valence-corrected chi connectivity index (χ4v) is 2.57. The fourth-order valence-electron chi connectivity index (χ4n) is 2.57. The van der Waals surface area contributed by atoms with E-state index < -0.39 is 0 Å². The van der Waals surface area contributed by atoms with Crippen LogP contribution in [0, 0.1) is 11.8 Å². The third kappa shape index (κ3) is 1.38. The lowest BCUT2D eigenvalue weighted by Gasteiger charge is -2.18. The molecule has 2 aliphatic rings. The topological polar surface area (TPSA) is 29.3 Å². The molecule has 14 heavy (non-hydrogen) atoms. The Hall–Kier alpha value is -1.09. The van der Waals surface area contributed by atoms with Gasteiger partial charge >= 0.3 is 0 Å². The second-order valence-corrected chi connectivity index (χ2v) is 4.25. The predicted molar refractivity (Wildman–Crippen MR) is 53.6 cm³/mol. The van der Waals surface area contributed by atoms with Crippen LogP contribution in [-0.2, 0) is 0 Å². The van der Waals surface area contributed by atoms with Gasteiger partial charge in [-0.05, 0) is 30.9 Å². The second-order valence-electron chi connectivity index (χ2n) is 4.25. The van der Waals surface area contributed by atoms with Gasteiger partial charge in [0.05, 0.1) is 6.20 Å². The monoisotopic (exact) mass is 190 g/mol. The second kappa shape index (κ2) is 3.24. The van der Waals surface area contributed by atoms with Gasteiger partial charge in [-0.25, -0.2) is 0 Å². The summed E-state index contributed by atoms with van der Waals surface area (Å²) < 4.78 is 5.02. The number of rotatable bonds is 2. The van der Waals surface area contributed by atoms with Gasteiger partial charge in [-0.15, -0.1) is 0 Å². The molecule has 2 bridgehead atoms. The zero-order chi connectivity index (χ0) is 9.38. The number of fused-ring (bicyclic) bond motifs is 2. The molecule has 1 aromatic rings. The van der Waals surface area contributed by atoms with E-state index in [2.05, 4.69) is 22.2 Å². The van der Waals surface area contributed by atoms with E-state index in [0.717, 1.165) is 17.6 Å². The van der Waals surface area contributed by atoms with E-state index in [1.54, 1.807) is 6.20 Å². The quantitative estimate of drug-likeness (QED) is 0.710. The smallest absolute Gasteiger partial charge is 0.159 e. The number of piperidine rings is 1. The first-order chi connectivity index (χ1) is 6.92. The van der Waals surface area contributed by atoms with Crippen molar-refractivity contribution < 1.29 is 4.52 Å². The predicted octanol–water partition coefficient (Wildman–Crippen LogP) is 1.64. The number of hydrogen-bond acceptors (Lipinski definition) is 3. The summed E-state index contributed by atoms with van der Waals surface area (Å²) in [4.78, 5) is 2.54. The van der Waals surface area contributed by atoms with E-state index in [9.17, 15) is 0 Å². The number of aromatic nitrogens is 1. The molecule has 2 saturated heterocycles. The molecule has 3 heteroatoms. The van der Waals surface area contributed by atoms with Crippen molar-refractivity contribution in [3.8, 4) is 0 Å². The van der Waals surface area contributed by atoms with Gasteiger partial charge in [0.2, 0.25) is 0 Å².